The van der Waals surface area contributed by atoms with E-state index < -0.39 is 0 Å². The maximum absolute atomic E-state index is 2.41. The molecule has 4 nitrogen and oxygen atoms in total. The summed E-state index contributed by atoms with van der Waals surface area (Å²) in [6, 6.07) is 100. The van der Waals surface area contributed by atoms with E-state index in [0.29, 0.717) is 0 Å². The predicted molar refractivity (Wildman–Crippen MR) is 288 cm³/mol. The first kappa shape index (κ1) is 40.4. The molecule has 0 bridgehead atoms. The van der Waals surface area contributed by atoms with Crippen molar-refractivity contribution in [2.45, 2.75) is 0 Å². The van der Waals surface area contributed by atoms with E-state index in [9.17, 15) is 0 Å². The highest BCUT2D eigenvalue weighted by molar-refractivity contribution is 6.11. The summed E-state index contributed by atoms with van der Waals surface area (Å²) in [5, 5.41) is 4.79. The van der Waals surface area contributed by atoms with Crippen LogP contribution in [0.1, 0.15) is 0 Å². The average molecular weight is 871 g/mol. The minimum atomic E-state index is 1.03. The van der Waals surface area contributed by atoms with Crippen LogP contribution in [0.25, 0.3) is 49.4 Å². The molecule has 0 spiro atoms. The highest BCUT2D eigenvalue weighted by Gasteiger charge is 2.23. The van der Waals surface area contributed by atoms with Crippen LogP contribution in [0.15, 0.2) is 279 Å². The zero-order valence-electron chi connectivity index (χ0n) is 37.3. The van der Waals surface area contributed by atoms with Gasteiger partial charge in [0.05, 0.1) is 16.7 Å². The van der Waals surface area contributed by atoms with Gasteiger partial charge in [0, 0.05) is 67.5 Å². The van der Waals surface area contributed by atoms with Crippen molar-refractivity contribution in [1.82, 2.24) is 4.57 Å². The molecule has 12 rings (SSSR count). The number of rotatable bonds is 11. The number of para-hydroxylation sites is 5. The lowest BCUT2D eigenvalue weighted by Crippen LogP contribution is -2.15. The van der Waals surface area contributed by atoms with Crippen molar-refractivity contribution < 1.29 is 0 Å². The first-order chi connectivity index (χ1) is 33.7. The molecule has 1 aromatic heterocycles. The normalized spacial score (nSPS) is 11.2. The number of hydrogen-bond donors (Lipinski definition) is 0. The maximum atomic E-state index is 2.41. The molecule has 68 heavy (non-hydrogen) atoms. The van der Waals surface area contributed by atoms with E-state index in [1.165, 1.54) is 27.1 Å². The van der Waals surface area contributed by atoms with Crippen LogP contribution < -0.4 is 14.7 Å². The van der Waals surface area contributed by atoms with E-state index in [4.69, 9.17) is 0 Å². The number of aromatic nitrogens is 1. The summed E-state index contributed by atoms with van der Waals surface area (Å²) in [7, 11) is 0. The Hall–Kier alpha value is -9.12. The SMILES string of the molecule is c1ccc(-c2ccccc2N(c2ccccc2)c2cccc(N(c3cccc(N(c4ccccc4)c4ccc5ccccc5c4)c3)c3ccc4c(c3)c3ccccc3n4-c3ccccc3)c2)cc1. The van der Waals surface area contributed by atoms with Crippen LogP contribution in [0.2, 0.25) is 0 Å². The molecule has 1 heterocycles. The Kier molecular flexibility index (Phi) is 10.5. The van der Waals surface area contributed by atoms with Gasteiger partial charge in [-0.3, -0.25) is 0 Å². The molecule has 0 amide bonds. The van der Waals surface area contributed by atoms with Gasteiger partial charge in [0.1, 0.15) is 0 Å². The lowest BCUT2D eigenvalue weighted by atomic mass is 10.0. The topological polar surface area (TPSA) is 14.7 Å². The van der Waals surface area contributed by atoms with E-state index in [0.717, 1.165) is 73.5 Å². The zero-order valence-corrected chi connectivity index (χ0v) is 37.3. The van der Waals surface area contributed by atoms with Gasteiger partial charge < -0.3 is 19.3 Å². The number of benzene rings is 11. The van der Waals surface area contributed by atoms with Crippen LogP contribution in [0.4, 0.5) is 51.2 Å². The Balaban J connectivity index is 1.07. The molecule has 322 valence electrons. The van der Waals surface area contributed by atoms with E-state index >= 15 is 0 Å². The summed E-state index contributed by atoms with van der Waals surface area (Å²) < 4.78 is 2.38. The van der Waals surface area contributed by atoms with E-state index in [-0.39, 0.29) is 0 Å². The van der Waals surface area contributed by atoms with Crippen LogP contribution in [0.3, 0.4) is 0 Å². The summed E-state index contributed by atoms with van der Waals surface area (Å²) in [6.07, 6.45) is 0. The Morgan fingerprint density at radius 1 is 0.250 bits per heavy atom. The number of hydrogen-bond acceptors (Lipinski definition) is 3. The van der Waals surface area contributed by atoms with Crippen molar-refractivity contribution in [3.63, 3.8) is 0 Å². The van der Waals surface area contributed by atoms with Crippen LogP contribution >= 0.6 is 0 Å². The molecule has 0 radical (unpaired) electrons. The largest absolute Gasteiger partial charge is 0.310 e. The van der Waals surface area contributed by atoms with Crippen LogP contribution in [0, 0.1) is 0 Å². The van der Waals surface area contributed by atoms with Crippen molar-refractivity contribution in [2.24, 2.45) is 0 Å². The Bertz CT molecular complexity index is 3700. The third kappa shape index (κ3) is 7.50. The maximum Gasteiger partial charge on any atom is 0.0542 e. The summed E-state index contributed by atoms with van der Waals surface area (Å²) >= 11 is 0. The van der Waals surface area contributed by atoms with Gasteiger partial charge in [0.25, 0.3) is 0 Å². The molecule has 0 aliphatic carbocycles. The van der Waals surface area contributed by atoms with Crippen molar-refractivity contribution >= 4 is 83.8 Å². The minimum absolute atomic E-state index is 1.03. The molecular formula is C64H46N4. The zero-order chi connectivity index (χ0) is 45.2. The molecule has 4 heteroatoms. The smallest absolute Gasteiger partial charge is 0.0542 e. The second-order valence-electron chi connectivity index (χ2n) is 17.0. The monoisotopic (exact) mass is 870 g/mol. The number of nitrogens with zero attached hydrogens (tertiary/aromatic N) is 4. The van der Waals surface area contributed by atoms with E-state index in [1.807, 2.05) is 0 Å². The first-order valence-corrected chi connectivity index (χ1v) is 23.2. The van der Waals surface area contributed by atoms with Crippen molar-refractivity contribution in [3.8, 4) is 16.8 Å². The standard InChI is InChI=1S/C64H46N4/c1-5-22-48(23-6-1)59-35-15-17-37-62(59)67(51-27-9-3-10-28-51)56-34-20-33-55(45-56)66(58-41-42-64-61(46-58)60-36-16-18-38-63(60)68(64)52-29-11-4-12-30-52)54-32-19-31-53(44-54)65(50-25-7-2-8-26-50)57-40-39-47-21-13-14-24-49(47)43-57/h1-46H. The summed E-state index contributed by atoms with van der Waals surface area (Å²) in [5.74, 6) is 0. The third-order valence-corrected chi connectivity index (χ3v) is 12.9. The van der Waals surface area contributed by atoms with Crippen molar-refractivity contribution in [2.75, 3.05) is 14.7 Å². The van der Waals surface area contributed by atoms with Gasteiger partial charge in [-0.15, -0.1) is 0 Å². The minimum Gasteiger partial charge on any atom is -0.310 e. The highest BCUT2D eigenvalue weighted by atomic mass is 15.2. The Labute approximate surface area is 397 Å². The summed E-state index contributed by atoms with van der Waals surface area (Å²) in [6.45, 7) is 0. The van der Waals surface area contributed by atoms with Gasteiger partial charge in [-0.05, 0) is 132 Å². The second-order valence-corrected chi connectivity index (χ2v) is 17.0. The van der Waals surface area contributed by atoms with Gasteiger partial charge in [-0.25, -0.2) is 0 Å². The fourth-order valence-corrected chi connectivity index (χ4v) is 9.82. The molecule has 0 saturated carbocycles. The first-order valence-electron chi connectivity index (χ1n) is 23.2. The van der Waals surface area contributed by atoms with Crippen LogP contribution in [-0.4, -0.2) is 4.57 Å². The molecule has 0 fully saturated rings. The van der Waals surface area contributed by atoms with E-state index in [1.54, 1.807) is 0 Å². The third-order valence-electron chi connectivity index (χ3n) is 12.9. The molecule has 0 atom stereocenters. The molecule has 0 aliphatic rings. The Morgan fingerprint density at radius 2 is 0.706 bits per heavy atom. The van der Waals surface area contributed by atoms with Gasteiger partial charge in [0.2, 0.25) is 0 Å². The molecule has 0 aliphatic heterocycles. The fraction of sp³-hybridized carbons (Fsp3) is 0. The Morgan fingerprint density at radius 3 is 1.40 bits per heavy atom. The van der Waals surface area contributed by atoms with Gasteiger partial charge in [-0.2, -0.15) is 0 Å². The number of anilines is 9. The fourth-order valence-electron chi connectivity index (χ4n) is 9.82. The van der Waals surface area contributed by atoms with Crippen LogP contribution in [0.5, 0.6) is 0 Å². The molecule has 0 saturated heterocycles. The van der Waals surface area contributed by atoms with Crippen LogP contribution in [-0.2, 0) is 0 Å². The van der Waals surface area contributed by atoms with Crippen molar-refractivity contribution in [3.05, 3.63) is 279 Å². The lowest BCUT2D eigenvalue weighted by Gasteiger charge is -2.31. The van der Waals surface area contributed by atoms with Gasteiger partial charge in [-0.1, -0.05) is 164 Å². The predicted octanol–water partition coefficient (Wildman–Crippen LogP) is 18.0. The lowest BCUT2D eigenvalue weighted by molar-refractivity contribution is 1.18. The molecule has 12 aromatic rings. The summed E-state index contributed by atoms with van der Waals surface area (Å²) in [5.41, 5.74) is 15.3. The molecular weight excluding hydrogens is 825 g/mol. The van der Waals surface area contributed by atoms with Crippen molar-refractivity contribution in [1.29, 1.82) is 0 Å². The van der Waals surface area contributed by atoms with Gasteiger partial charge in [0.15, 0.2) is 0 Å². The van der Waals surface area contributed by atoms with E-state index in [2.05, 4.69) is 298 Å². The van der Waals surface area contributed by atoms with Gasteiger partial charge >= 0.3 is 0 Å². The molecule has 11 aromatic carbocycles. The number of fused-ring (bicyclic) bond motifs is 4. The highest BCUT2D eigenvalue weighted by Crippen LogP contribution is 2.46. The molecule has 0 unspecified atom stereocenters. The quantitative estimate of drug-likeness (QED) is 0.129. The molecule has 0 N–H and O–H groups in total. The second kappa shape index (κ2) is 17.7. The average Bonchev–Trinajstić information content (AvgIpc) is 3.74. The summed E-state index contributed by atoms with van der Waals surface area (Å²) in [4.78, 5) is 7.16.